The molecule has 0 aliphatic heterocycles. The van der Waals surface area contributed by atoms with E-state index in [4.69, 9.17) is 4.74 Å². The Hall–Kier alpha value is -2.73. The van der Waals surface area contributed by atoms with Crippen molar-refractivity contribution in [2.45, 2.75) is 11.8 Å². The molecule has 8 nitrogen and oxygen atoms in total. The van der Waals surface area contributed by atoms with Crippen LogP contribution in [0.15, 0.2) is 59.8 Å². The van der Waals surface area contributed by atoms with Crippen molar-refractivity contribution in [1.29, 1.82) is 0 Å². The van der Waals surface area contributed by atoms with E-state index in [1.54, 1.807) is 12.1 Å². The fourth-order valence-corrected chi connectivity index (χ4v) is 3.91. The van der Waals surface area contributed by atoms with Gasteiger partial charge in [-0.3, -0.25) is 9.52 Å². The van der Waals surface area contributed by atoms with Crippen LogP contribution in [0.25, 0.3) is 0 Å². The van der Waals surface area contributed by atoms with Gasteiger partial charge < -0.3 is 10.1 Å². The molecule has 0 fully saturated rings. The Labute approximate surface area is 181 Å². The van der Waals surface area contributed by atoms with Crippen LogP contribution in [0.4, 0.5) is 11.5 Å². The standard InChI is InChI=1S/C19H17IN4O4S/c1-12-3-4-13(11-16(12)20)18(25)23-14-5-7-15(8-6-14)29(26,27)24-17-19(28-2)22-10-9-21-17/h3-11H,1-2H3,(H,21,24)(H,23,25). The molecule has 0 saturated carbocycles. The van der Waals surface area contributed by atoms with Gasteiger partial charge in [0.15, 0.2) is 0 Å². The first-order chi connectivity index (χ1) is 13.8. The van der Waals surface area contributed by atoms with Gasteiger partial charge in [-0.2, -0.15) is 0 Å². The van der Waals surface area contributed by atoms with Crippen molar-refractivity contribution >= 4 is 50.0 Å². The Kier molecular flexibility index (Phi) is 6.33. The predicted molar refractivity (Wildman–Crippen MR) is 118 cm³/mol. The van der Waals surface area contributed by atoms with Crippen molar-refractivity contribution in [3.63, 3.8) is 0 Å². The Morgan fingerprint density at radius 3 is 2.41 bits per heavy atom. The van der Waals surface area contributed by atoms with Gasteiger partial charge in [0.25, 0.3) is 21.8 Å². The number of carbonyl (C=O) groups is 1. The molecular formula is C19H17IN4O4S. The third-order valence-corrected chi connectivity index (χ3v) is 6.46. The Morgan fingerprint density at radius 1 is 1.07 bits per heavy atom. The summed E-state index contributed by atoms with van der Waals surface area (Å²) in [4.78, 5) is 20.2. The lowest BCUT2D eigenvalue weighted by atomic mass is 10.1. The summed E-state index contributed by atoms with van der Waals surface area (Å²) >= 11 is 2.17. The Balaban J connectivity index is 1.75. The number of nitrogens with one attached hydrogen (secondary N) is 2. The van der Waals surface area contributed by atoms with Crippen LogP contribution in [0, 0.1) is 10.5 Å². The summed E-state index contributed by atoms with van der Waals surface area (Å²) in [6, 6.07) is 11.2. The van der Waals surface area contributed by atoms with Crippen LogP contribution in [0.3, 0.4) is 0 Å². The number of benzene rings is 2. The lowest BCUT2D eigenvalue weighted by Gasteiger charge is -2.11. The zero-order valence-electron chi connectivity index (χ0n) is 15.5. The van der Waals surface area contributed by atoms with Crippen LogP contribution in [0.1, 0.15) is 15.9 Å². The van der Waals surface area contributed by atoms with Crippen LogP contribution in [0.5, 0.6) is 5.88 Å². The molecule has 1 aromatic heterocycles. The van der Waals surface area contributed by atoms with Crippen molar-refractivity contribution in [3.05, 3.63) is 69.6 Å². The highest BCUT2D eigenvalue weighted by molar-refractivity contribution is 14.1. The van der Waals surface area contributed by atoms with Gasteiger partial charge in [-0.05, 0) is 71.5 Å². The first kappa shape index (κ1) is 21.0. The molecule has 0 aliphatic rings. The minimum Gasteiger partial charge on any atom is -0.478 e. The molecule has 0 bridgehead atoms. The van der Waals surface area contributed by atoms with Gasteiger partial charge in [0.2, 0.25) is 5.82 Å². The van der Waals surface area contributed by atoms with Crippen molar-refractivity contribution < 1.29 is 17.9 Å². The molecule has 1 amide bonds. The molecule has 150 valence electrons. The highest BCUT2D eigenvalue weighted by Gasteiger charge is 2.18. The molecule has 0 spiro atoms. The van der Waals surface area contributed by atoms with E-state index in [0.29, 0.717) is 11.3 Å². The smallest absolute Gasteiger partial charge is 0.263 e. The largest absolute Gasteiger partial charge is 0.478 e. The van der Waals surface area contributed by atoms with Gasteiger partial charge in [-0.25, -0.2) is 18.4 Å². The number of amides is 1. The molecule has 3 aromatic rings. The third-order valence-electron chi connectivity index (χ3n) is 3.95. The van der Waals surface area contributed by atoms with Crippen molar-refractivity contribution in [1.82, 2.24) is 9.97 Å². The summed E-state index contributed by atoms with van der Waals surface area (Å²) in [5.41, 5.74) is 2.08. The number of hydrogen-bond acceptors (Lipinski definition) is 6. The molecule has 0 aliphatic carbocycles. The van der Waals surface area contributed by atoms with Gasteiger partial charge in [-0.15, -0.1) is 0 Å². The van der Waals surface area contributed by atoms with Gasteiger partial charge in [0.05, 0.1) is 12.0 Å². The zero-order chi connectivity index (χ0) is 21.0. The summed E-state index contributed by atoms with van der Waals surface area (Å²) in [6.45, 7) is 1.97. The monoisotopic (exact) mass is 524 g/mol. The fraction of sp³-hybridized carbons (Fsp3) is 0.105. The van der Waals surface area contributed by atoms with E-state index in [1.807, 2.05) is 13.0 Å². The molecule has 0 atom stereocenters. The van der Waals surface area contributed by atoms with E-state index >= 15 is 0 Å². The topological polar surface area (TPSA) is 110 Å². The number of sulfonamides is 1. The number of rotatable bonds is 6. The fourth-order valence-electron chi connectivity index (χ4n) is 2.39. The van der Waals surface area contributed by atoms with Crippen LogP contribution in [-0.2, 0) is 10.0 Å². The highest BCUT2D eigenvalue weighted by Crippen LogP contribution is 2.22. The molecule has 1 heterocycles. The lowest BCUT2D eigenvalue weighted by Crippen LogP contribution is -2.15. The molecule has 0 saturated heterocycles. The van der Waals surface area contributed by atoms with Crippen LogP contribution in [-0.4, -0.2) is 31.4 Å². The van der Waals surface area contributed by atoms with E-state index in [1.165, 1.54) is 43.8 Å². The number of methoxy groups -OCH3 is 1. The number of hydrogen-bond donors (Lipinski definition) is 2. The van der Waals surface area contributed by atoms with Crippen molar-refractivity contribution in [2.75, 3.05) is 17.1 Å². The third kappa shape index (κ3) is 5.01. The number of anilines is 2. The van der Waals surface area contributed by atoms with E-state index in [2.05, 4.69) is 42.6 Å². The maximum Gasteiger partial charge on any atom is 0.263 e. The van der Waals surface area contributed by atoms with Gasteiger partial charge in [0.1, 0.15) is 0 Å². The summed E-state index contributed by atoms with van der Waals surface area (Å²) in [6.07, 6.45) is 2.74. The molecule has 2 N–H and O–H groups in total. The summed E-state index contributed by atoms with van der Waals surface area (Å²) in [5, 5.41) is 2.75. The molecule has 29 heavy (non-hydrogen) atoms. The number of halogens is 1. The minimum atomic E-state index is -3.90. The molecule has 2 aromatic carbocycles. The average molecular weight is 524 g/mol. The Morgan fingerprint density at radius 2 is 1.76 bits per heavy atom. The van der Waals surface area contributed by atoms with Gasteiger partial charge >= 0.3 is 0 Å². The zero-order valence-corrected chi connectivity index (χ0v) is 18.5. The molecular weight excluding hydrogens is 507 g/mol. The SMILES string of the molecule is COc1nccnc1NS(=O)(=O)c1ccc(NC(=O)c2ccc(C)c(I)c2)cc1. The Bertz CT molecular complexity index is 1150. The molecule has 3 rings (SSSR count). The van der Waals surface area contributed by atoms with Crippen molar-refractivity contribution in [2.24, 2.45) is 0 Å². The predicted octanol–water partition coefficient (Wildman–Crippen LogP) is 3.45. The summed E-state index contributed by atoms with van der Waals surface area (Å²) < 4.78 is 33.5. The maximum atomic E-state index is 12.6. The van der Waals surface area contributed by atoms with Crippen LogP contribution >= 0.6 is 22.6 Å². The van der Waals surface area contributed by atoms with E-state index < -0.39 is 10.0 Å². The number of nitrogens with zero attached hydrogens (tertiary/aromatic N) is 2. The number of ether oxygens (including phenoxy) is 1. The van der Waals surface area contributed by atoms with E-state index in [-0.39, 0.29) is 22.5 Å². The van der Waals surface area contributed by atoms with Gasteiger partial charge in [0, 0.05) is 27.2 Å². The number of aromatic nitrogens is 2. The first-order valence-corrected chi connectivity index (χ1v) is 10.9. The second kappa shape index (κ2) is 8.74. The minimum absolute atomic E-state index is 0.00749. The average Bonchev–Trinajstić information content (AvgIpc) is 2.70. The summed E-state index contributed by atoms with van der Waals surface area (Å²) in [7, 11) is -2.53. The number of carbonyl (C=O) groups excluding carboxylic acids is 1. The number of aryl methyl sites for hydroxylation is 1. The van der Waals surface area contributed by atoms with Crippen molar-refractivity contribution in [3.8, 4) is 5.88 Å². The second-order valence-electron chi connectivity index (χ2n) is 5.96. The van der Waals surface area contributed by atoms with Gasteiger partial charge in [-0.1, -0.05) is 6.07 Å². The second-order valence-corrected chi connectivity index (χ2v) is 8.81. The van der Waals surface area contributed by atoms with E-state index in [9.17, 15) is 13.2 Å². The first-order valence-electron chi connectivity index (χ1n) is 8.35. The lowest BCUT2D eigenvalue weighted by molar-refractivity contribution is 0.102. The molecule has 0 unspecified atom stereocenters. The van der Waals surface area contributed by atoms with E-state index in [0.717, 1.165) is 9.13 Å². The summed E-state index contributed by atoms with van der Waals surface area (Å²) in [5.74, 6) is -0.227. The van der Waals surface area contributed by atoms with Crippen LogP contribution in [0.2, 0.25) is 0 Å². The highest BCUT2D eigenvalue weighted by atomic mass is 127. The molecule has 10 heteroatoms. The van der Waals surface area contributed by atoms with Crippen LogP contribution < -0.4 is 14.8 Å². The maximum absolute atomic E-state index is 12.6. The molecule has 0 radical (unpaired) electrons. The quantitative estimate of drug-likeness (QED) is 0.478. The normalized spacial score (nSPS) is 11.0.